The number of hydrogen-bond donors (Lipinski definition) is 1. The first-order valence-electron chi connectivity index (χ1n) is 5.43. The van der Waals surface area contributed by atoms with Gasteiger partial charge in [-0.05, 0) is 28.1 Å². The average Bonchev–Trinajstić information content (AvgIpc) is 2.84. The van der Waals surface area contributed by atoms with Gasteiger partial charge in [-0.15, -0.1) is 0 Å². The summed E-state index contributed by atoms with van der Waals surface area (Å²) in [5.74, 6) is 1.34. The van der Waals surface area contributed by atoms with E-state index < -0.39 is 0 Å². The van der Waals surface area contributed by atoms with Crippen LogP contribution in [0, 0.1) is 0 Å². The number of rotatable bonds is 2. The maximum absolute atomic E-state index is 4.46. The molecule has 1 aromatic carbocycles. The molecule has 0 bridgehead atoms. The molecule has 3 aromatic rings. The van der Waals surface area contributed by atoms with E-state index in [0.29, 0.717) is 5.95 Å². The van der Waals surface area contributed by atoms with Crippen LogP contribution in [0.2, 0.25) is 0 Å². The van der Waals surface area contributed by atoms with E-state index in [1.54, 1.807) is 17.9 Å². The molecule has 18 heavy (non-hydrogen) atoms. The van der Waals surface area contributed by atoms with Gasteiger partial charge in [-0.25, -0.2) is 9.67 Å². The maximum atomic E-state index is 4.46. The van der Waals surface area contributed by atoms with Crippen molar-refractivity contribution in [3.8, 4) is 5.82 Å². The second kappa shape index (κ2) is 4.38. The lowest BCUT2D eigenvalue weighted by molar-refractivity contribution is 0.852. The second-order valence-corrected chi connectivity index (χ2v) is 4.66. The molecule has 0 aliphatic rings. The van der Waals surface area contributed by atoms with Gasteiger partial charge < -0.3 is 5.32 Å². The molecule has 0 unspecified atom stereocenters. The van der Waals surface area contributed by atoms with Crippen LogP contribution in [-0.4, -0.2) is 26.8 Å². The second-order valence-electron chi connectivity index (χ2n) is 3.74. The molecular formula is C12H10BrN5. The van der Waals surface area contributed by atoms with Gasteiger partial charge in [0.2, 0.25) is 5.95 Å². The van der Waals surface area contributed by atoms with Crippen molar-refractivity contribution in [3.05, 3.63) is 41.1 Å². The summed E-state index contributed by atoms with van der Waals surface area (Å²) < 4.78 is 2.64. The van der Waals surface area contributed by atoms with E-state index in [4.69, 9.17) is 0 Å². The summed E-state index contributed by atoms with van der Waals surface area (Å²) in [5.41, 5.74) is 0.887. The molecule has 0 atom stereocenters. The Morgan fingerprint density at radius 2 is 2.06 bits per heavy atom. The fourth-order valence-corrected chi connectivity index (χ4v) is 2.05. The molecule has 0 amide bonds. The molecule has 90 valence electrons. The highest BCUT2D eigenvalue weighted by molar-refractivity contribution is 9.10. The van der Waals surface area contributed by atoms with Gasteiger partial charge in [-0.3, -0.25) is 0 Å². The molecule has 0 saturated heterocycles. The standard InChI is InChI=1S/C12H10BrN5/c1-14-12-16-10-5-3-2-4-9(10)11(17-12)18-7-8(13)6-15-18/h2-7H,1H3,(H,14,16,17). The molecule has 0 aliphatic heterocycles. The number of fused-ring (bicyclic) bond motifs is 1. The fraction of sp³-hybridized carbons (Fsp3) is 0.0833. The molecule has 0 saturated carbocycles. The summed E-state index contributed by atoms with van der Waals surface area (Å²) in [4.78, 5) is 8.87. The van der Waals surface area contributed by atoms with E-state index >= 15 is 0 Å². The molecule has 2 aromatic heterocycles. The first kappa shape index (κ1) is 11.2. The number of para-hydroxylation sites is 1. The zero-order valence-corrected chi connectivity index (χ0v) is 11.2. The van der Waals surface area contributed by atoms with Gasteiger partial charge in [0, 0.05) is 18.6 Å². The summed E-state index contributed by atoms with van der Waals surface area (Å²) in [6, 6.07) is 7.87. The number of anilines is 1. The third-order valence-electron chi connectivity index (χ3n) is 2.57. The summed E-state index contributed by atoms with van der Waals surface area (Å²) in [6.45, 7) is 0. The Labute approximate surface area is 112 Å². The lowest BCUT2D eigenvalue weighted by Crippen LogP contribution is -2.04. The van der Waals surface area contributed by atoms with Gasteiger partial charge in [0.15, 0.2) is 5.82 Å². The smallest absolute Gasteiger partial charge is 0.225 e. The van der Waals surface area contributed by atoms with Crippen LogP contribution in [0.15, 0.2) is 41.1 Å². The number of hydrogen-bond acceptors (Lipinski definition) is 4. The lowest BCUT2D eigenvalue weighted by atomic mass is 10.2. The summed E-state index contributed by atoms with van der Waals surface area (Å²) in [6.07, 6.45) is 3.60. The summed E-state index contributed by atoms with van der Waals surface area (Å²) in [7, 11) is 1.80. The Morgan fingerprint density at radius 1 is 1.22 bits per heavy atom. The van der Waals surface area contributed by atoms with Gasteiger partial charge >= 0.3 is 0 Å². The van der Waals surface area contributed by atoms with E-state index in [2.05, 4.69) is 36.3 Å². The molecular weight excluding hydrogens is 294 g/mol. The Kier molecular flexibility index (Phi) is 2.71. The van der Waals surface area contributed by atoms with Gasteiger partial charge in [-0.2, -0.15) is 10.1 Å². The maximum Gasteiger partial charge on any atom is 0.225 e. The third kappa shape index (κ3) is 1.84. The number of aromatic nitrogens is 4. The molecule has 5 nitrogen and oxygen atoms in total. The average molecular weight is 304 g/mol. The van der Waals surface area contributed by atoms with Crippen molar-refractivity contribution in [1.82, 2.24) is 19.7 Å². The normalized spacial score (nSPS) is 10.8. The van der Waals surface area contributed by atoms with Crippen LogP contribution in [0.5, 0.6) is 0 Å². The Bertz CT molecular complexity index is 707. The lowest BCUT2D eigenvalue weighted by Gasteiger charge is -2.07. The number of nitrogens with one attached hydrogen (secondary N) is 1. The highest BCUT2D eigenvalue weighted by Gasteiger charge is 2.09. The summed E-state index contributed by atoms with van der Waals surface area (Å²) >= 11 is 3.39. The van der Waals surface area contributed by atoms with E-state index in [9.17, 15) is 0 Å². The van der Waals surface area contributed by atoms with Crippen LogP contribution in [0.1, 0.15) is 0 Å². The fourth-order valence-electron chi connectivity index (χ4n) is 1.76. The molecule has 2 heterocycles. The van der Waals surface area contributed by atoms with E-state index in [-0.39, 0.29) is 0 Å². The van der Waals surface area contributed by atoms with Gasteiger partial charge in [-0.1, -0.05) is 12.1 Å². The van der Waals surface area contributed by atoms with Gasteiger partial charge in [0.05, 0.1) is 16.2 Å². The van der Waals surface area contributed by atoms with Crippen molar-refractivity contribution >= 4 is 32.8 Å². The predicted octanol–water partition coefficient (Wildman–Crippen LogP) is 2.62. The molecule has 0 fully saturated rings. The molecule has 1 N–H and O–H groups in total. The van der Waals surface area contributed by atoms with E-state index in [0.717, 1.165) is 21.2 Å². The van der Waals surface area contributed by atoms with Crippen molar-refractivity contribution in [2.45, 2.75) is 0 Å². The first-order chi connectivity index (χ1) is 8.78. The number of nitrogens with zero attached hydrogens (tertiary/aromatic N) is 4. The van der Waals surface area contributed by atoms with Crippen LogP contribution < -0.4 is 5.32 Å². The first-order valence-corrected chi connectivity index (χ1v) is 6.22. The molecule has 0 radical (unpaired) electrons. The summed E-state index contributed by atoms with van der Waals surface area (Å²) in [5, 5.41) is 8.19. The highest BCUT2D eigenvalue weighted by Crippen LogP contribution is 2.21. The van der Waals surface area contributed by atoms with Crippen molar-refractivity contribution in [2.75, 3.05) is 12.4 Å². The Balaban J connectivity index is 2.32. The minimum atomic E-state index is 0.579. The monoisotopic (exact) mass is 303 g/mol. The van der Waals surface area contributed by atoms with Crippen LogP contribution >= 0.6 is 15.9 Å². The van der Waals surface area contributed by atoms with Crippen LogP contribution in [0.4, 0.5) is 5.95 Å². The molecule has 0 aliphatic carbocycles. The SMILES string of the molecule is CNc1nc(-n2cc(Br)cn2)c2ccccc2n1. The molecule has 0 spiro atoms. The third-order valence-corrected chi connectivity index (χ3v) is 2.98. The van der Waals surface area contributed by atoms with Gasteiger partial charge in [0.1, 0.15) is 0 Å². The van der Waals surface area contributed by atoms with Crippen molar-refractivity contribution in [3.63, 3.8) is 0 Å². The topological polar surface area (TPSA) is 55.6 Å². The molecule has 6 heteroatoms. The quantitative estimate of drug-likeness (QED) is 0.791. The van der Waals surface area contributed by atoms with Gasteiger partial charge in [0.25, 0.3) is 0 Å². The van der Waals surface area contributed by atoms with Crippen LogP contribution in [0.25, 0.3) is 16.7 Å². The van der Waals surface area contributed by atoms with Crippen molar-refractivity contribution < 1.29 is 0 Å². The Hall–Kier alpha value is -1.95. The zero-order valence-electron chi connectivity index (χ0n) is 9.63. The number of benzene rings is 1. The molecule has 3 rings (SSSR count). The van der Waals surface area contributed by atoms with Crippen LogP contribution in [-0.2, 0) is 0 Å². The van der Waals surface area contributed by atoms with Crippen molar-refractivity contribution in [1.29, 1.82) is 0 Å². The van der Waals surface area contributed by atoms with E-state index in [1.165, 1.54) is 0 Å². The minimum Gasteiger partial charge on any atom is -0.357 e. The van der Waals surface area contributed by atoms with Crippen LogP contribution in [0.3, 0.4) is 0 Å². The zero-order chi connectivity index (χ0) is 12.5. The number of halogens is 1. The predicted molar refractivity (Wildman–Crippen MR) is 73.9 cm³/mol. The largest absolute Gasteiger partial charge is 0.357 e. The highest BCUT2D eigenvalue weighted by atomic mass is 79.9. The van der Waals surface area contributed by atoms with E-state index in [1.807, 2.05) is 30.5 Å². The minimum absolute atomic E-state index is 0.579. The van der Waals surface area contributed by atoms with Crippen molar-refractivity contribution in [2.24, 2.45) is 0 Å². The Morgan fingerprint density at radius 3 is 2.78 bits per heavy atom.